The van der Waals surface area contributed by atoms with Crippen LogP contribution < -0.4 is 0 Å². The van der Waals surface area contributed by atoms with E-state index in [4.69, 9.17) is 11.6 Å². The van der Waals surface area contributed by atoms with Crippen molar-refractivity contribution >= 4 is 33.3 Å². The second-order valence-electron chi connectivity index (χ2n) is 3.71. The molecule has 86 valence electrons. The van der Waals surface area contributed by atoms with E-state index in [1.165, 1.54) is 0 Å². The summed E-state index contributed by atoms with van der Waals surface area (Å²) in [4.78, 5) is 12.0. The molecular weight excluding hydrogens is 300 g/mol. The smallest absolute Gasteiger partial charge is 0.167 e. The first-order valence-electron chi connectivity index (χ1n) is 5.19. The Bertz CT molecular complexity index is 537. The summed E-state index contributed by atoms with van der Waals surface area (Å²) in [5.41, 5.74) is 1.65. The molecule has 0 aliphatic rings. The van der Waals surface area contributed by atoms with Gasteiger partial charge in [0, 0.05) is 16.5 Å². The molecule has 1 nitrogen and oxygen atoms in total. The van der Waals surface area contributed by atoms with E-state index in [-0.39, 0.29) is 5.78 Å². The van der Waals surface area contributed by atoms with Gasteiger partial charge in [0.15, 0.2) is 5.78 Å². The quantitative estimate of drug-likeness (QED) is 0.761. The van der Waals surface area contributed by atoms with E-state index in [0.717, 1.165) is 10.0 Å². The highest BCUT2D eigenvalue weighted by Gasteiger charge is 2.08. The van der Waals surface area contributed by atoms with Crippen LogP contribution in [0.25, 0.3) is 0 Å². The van der Waals surface area contributed by atoms with Gasteiger partial charge in [0.25, 0.3) is 0 Å². The summed E-state index contributed by atoms with van der Waals surface area (Å²) < 4.78 is 0.801. The van der Waals surface area contributed by atoms with Crippen LogP contribution in [0.4, 0.5) is 0 Å². The van der Waals surface area contributed by atoms with Crippen molar-refractivity contribution in [3.63, 3.8) is 0 Å². The van der Waals surface area contributed by atoms with Crippen molar-refractivity contribution in [2.24, 2.45) is 0 Å². The summed E-state index contributed by atoms with van der Waals surface area (Å²) >= 11 is 9.26. The van der Waals surface area contributed by atoms with Crippen LogP contribution in [-0.2, 0) is 6.42 Å². The van der Waals surface area contributed by atoms with Gasteiger partial charge in [0.2, 0.25) is 0 Å². The van der Waals surface area contributed by atoms with Crippen molar-refractivity contribution in [3.05, 3.63) is 69.2 Å². The summed E-state index contributed by atoms with van der Waals surface area (Å²) in [6.07, 6.45) is 0.402. The van der Waals surface area contributed by atoms with Crippen molar-refractivity contribution in [1.82, 2.24) is 0 Å². The van der Waals surface area contributed by atoms with E-state index >= 15 is 0 Å². The Morgan fingerprint density at radius 2 is 1.82 bits per heavy atom. The van der Waals surface area contributed by atoms with E-state index in [2.05, 4.69) is 15.9 Å². The number of halogens is 2. The second kappa shape index (κ2) is 5.48. The highest BCUT2D eigenvalue weighted by atomic mass is 79.9. The molecule has 0 saturated heterocycles. The number of carbonyl (C=O) groups excluding carboxylic acids is 1. The number of hydrogen-bond donors (Lipinski definition) is 0. The maximum atomic E-state index is 12.0. The molecule has 0 aromatic heterocycles. The van der Waals surface area contributed by atoms with Crippen LogP contribution >= 0.6 is 27.5 Å². The number of Topliss-reactive ketones (excluding diaryl/α,β-unsaturated/α-hetero) is 1. The number of rotatable bonds is 3. The van der Waals surface area contributed by atoms with Gasteiger partial charge in [-0.2, -0.15) is 0 Å². The average Bonchev–Trinajstić information content (AvgIpc) is 2.34. The van der Waals surface area contributed by atoms with Crippen LogP contribution in [0.15, 0.2) is 53.0 Å². The largest absolute Gasteiger partial charge is 0.294 e. The first kappa shape index (κ1) is 12.3. The van der Waals surface area contributed by atoms with Gasteiger partial charge < -0.3 is 0 Å². The predicted molar refractivity (Wildman–Crippen MR) is 73.6 cm³/mol. The van der Waals surface area contributed by atoms with Gasteiger partial charge in [-0.05, 0) is 33.6 Å². The van der Waals surface area contributed by atoms with E-state index in [1.54, 1.807) is 18.2 Å². The van der Waals surface area contributed by atoms with Crippen LogP contribution in [0.3, 0.4) is 0 Å². The topological polar surface area (TPSA) is 17.1 Å². The molecule has 0 aliphatic heterocycles. The zero-order chi connectivity index (χ0) is 12.3. The van der Waals surface area contributed by atoms with Crippen LogP contribution in [0, 0.1) is 0 Å². The second-order valence-corrected chi connectivity index (χ2v) is 4.98. The van der Waals surface area contributed by atoms with Gasteiger partial charge in [-0.25, -0.2) is 0 Å². The maximum Gasteiger partial charge on any atom is 0.167 e. The fraction of sp³-hybridized carbons (Fsp3) is 0.0714. The maximum absolute atomic E-state index is 12.0. The molecule has 0 spiro atoms. The third-order valence-corrected chi connectivity index (χ3v) is 3.68. The molecule has 0 atom stereocenters. The molecule has 0 amide bonds. The van der Waals surface area contributed by atoms with Crippen LogP contribution in [0.2, 0.25) is 5.02 Å². The van der Waals surface area contributed by atoms with Gasteiger partial charge in [0.05, 0.1) is 5.02 Å². The Morgan fingerprint density at radius 3 is 2.47 bits per heavy atom. The van der Waals surface area contributed by atoms with E-state index in [9.17, 15) is 4.79 Å². The summed E-state index contributed by atoms with van der Waals surface area (Å²) in [6, 6.07) is 14.9. The van der Waals surface area contributed by atoms with Gasteiger partial charge in [0.1, 0.15) is 0 Å². The molecule has 0 aliphatic carbocycles. The molecule has 0 saturated carbocycles. The first-order valence-corrected chi connectivity index (χ1v) is 6.36. The Kier molecular flexibility index (Phi) is 3.97. The first-order chi connectivity index (χ1) is 8.16. The minimum Gasteiger partial charge on any atom is -0.294 e. The number of carbonyl (C=O) groups is 1. The van der Waals surface area contributed by atoms with E-state index < -0.39 is 0 Å². The molecule has 2 aromatic rings. The summed E-state index contributed by atoms with van der Waals surface area (Å²) in [6.45, 7) is 0. The van der Waals surface area contributed by atoms with Crippen molar-refractivity contribution in [2.75, 3.05) is 0 Å². The fourth-order valence-electron chi connectivity index (χ4n) is 1.55. The van der Waals surface area contributed by atoms with Gasteiger partial charge in [-0.3, -0.25) is 4.79 Å². The Balaban J connectivity index is 2.18. The highest BCUT2D eigenvalue weighted by molar-refractivity contribution is 9.10. The fourth-order valence-corrected chi connectivity index (χ4v) is 1.98. The minimum absolute atomic E-state index is 0.0746. The van der Waals surface area contributed by atoms with Crippen LogP contribution in [0.5, 0.6) is 0 Å². The molecule has 0 fully saturated rings. The Hall–Kier alpha value is -1.12. The average molecular weight is 310 g/mol. The lowest BCUT2D eigenvalue weighted by atomic mass is 10.0. The molecule has 2 aromatic carbocycles. The molecule has 2 rings (SSSR count). The third kappa shape index (κ3) is 3.18. The Labute approximate surface area is 114 Å². The lowest BCUT2D eigenvalue weighted by Gasteiger charge is -2.03. The van der Waals surface area contributed by atoms with Crippen LogP contribution in [0.1, 0.15) is 15.9 Å². The normalized spacial score (nSPS) is 10.2. The molecule has 0 heterocycles. The molecule has 0 bridgehead atoms. The third-order valence-electron chi connectivity index (χ3n) is 2.45. The van der Waals surface area contributed by atoms with E-state index in [0.29, 0.717) is 17.0 Å². The van der Waals surface area contributed by atoms with Crippen molar-refractivity contribution in [1.29, 1.82) is 0 Å². The molecule has 0 N–H and O–H groups in total. The van der Waals surface area contributed by atoms with Gasteiger partial charge in [-0.1, -0.05) is 48.0 Å². The van der Waals surface area contributed by atoms with Gasteiger partial charge >= 0.3 is 0 Å². The molecule has 3 heteroatoms. The van der Waals surface area contributed by atoms with E-state index in [1.807, 2.05) is 30.3 Å². The standard InChI is InChI=1S/C14H10BrClO/c15-12-7-6-11(9-13(12)16)14(17)8-10-4-2-1-3-5-10/h1-7,9H,8H2. The lowest BCUT2D eigenvalue weighted by Crippen LogP contribution is -2.03. The van der Waals surface area contributed by atoms with Gasteiger partial charge in [-0.15, -0.1) is 0 Å². The van der Waals surface area contributed by atoms with Crippen molar-refractivity contribution < 1.29 is 4.79 Å². The molecule has 0 radical (unpaired) electrons. The van der Waals surface area contributed by atoms with Crippen molar-refractivity contribution in [2.45, 2.75) is 6.42 Å². The zero-order valence-corrected chi connectivity index (χ0v) is 11.3. The summed E-state index contributed by atoms with van der Waals surface area (Å²) in [5, 5.41) is 0.559. The molecule has 0 unspecified atom stereocenters. The number of benzene rings is 2. The predicted octanol–water partition coefficient (Wildman–Crippen LogP) is 4.53. The number of hydrogen-bond acceptors (Lipinski definition) is 1. The Morgan fingerprint density at radius 1 is 1.12 bits per heavy atom. The van der Waals surface area contributed by atoms with Crippen LogP contribution in [-0.4, -0.2) is 5.78 Å². The minimum atomic E-state index is 0.0746. The summed E-state index contributed by atoms with van der Waals surface area (Å²) in [7, 11) is 0. The summed E-state index contributed by atoms with van der Waals surface area (Å²) in [5.74, 6) is 0.0746. The molecular formula is C14H10BrClO. The van der Waals surface area contributed by atoms with Crippen molar-refractivity contribution in [3.8, 4) is 0 Å². The lowest BCUT2D eigenvalue weighted by molar-refractivity contribution is 0.0993. The zero-order valence-electron chi connectivity index (χ0n) is 8.99. The SMILES string of the molecule is O=C(Cc1ccccc1)c1ccc(Br)c(Cl)c1. The highest BCUT2D eigenvalue weighted by Crippen LogP contribution is 2.23. The number of ketones is 1. The monoisotopic (exact) mass is 308 g/mol. The molecule has 17 heavy (non-hydrogen) atoms.